The van der Waals surface area contributed by atoms with Crippen molar-refractivity contribution in [3.05, 3.63) is 65.5 Å². The van der Waals surface area contributed by atoms with E-state index in [-0.39, 0.29) is 0 Å². The fraction of sp³-hybridized carbons (Fsp3) is 0.214. The van der Waals surface area contributed by atoms with Crippen LogP contribution in [0.3, 0.4) is 0 Å². The Labute approximate surface area is 96.4 Å². The van der Waals surface area contributed by atoms with Gasteiger partial charge in [0.15, 0.2) is 0 Å². The number of hydrogen-bond acceptors (Lipinski definition) is 2. The average Bonchev–Trinajstić information content (AvgIpc) is 2.33. The van der Waals surface area contributed by atoms with Gasteiger partial charge < -0.3 is 5.32 Å². The third-order valence-corrected chi connectivity index (χ3v) is 2.58. The predicted molar refractivity (Wildman–Crippen MR) is 66.0 cm³/mol. The van der Waals surface area contributed by atoms with Gasteiger partial charge >= 0.3 is 0 Å². The lowest BCUT2D eigenvalue weighted by molar-refractivity contribution is 0.676. The Kier molecular flexibility index (Phi) is 3.67. The number of benzene rings is 1. The number of aromatic nitrogens is 1. The minimum absolute atomic E-state index is 0.821. The van der Waals surface area contributed by atoms with Crippen molar-refractivity contribution in [1.29, 1.82) is 0 Å². The van der Waals surface area contributed by atoms with Crippen LogP contribution in [-0.4, -0.2) is 4.98 Å². The zero-order chi connectivity index (χ0) is 11.2. The van der Waals surface area contributed by atoms with Gasteiger partial charge in [-0.3, -0.25) is 4.98 Å². The summed E-state index contributed by atoms with van der Waals surface area (Å²) in [5.74, 6) is 0. The van der Waals surface area contributed by atoms with E-state index >= 15 is 0 Å². The van der Waals surface area contributed by atoms with Gasteiger partial charge in [0.2, 0.25) is 0 Å². The second-order valence-corrected chi connectivity index (χ2v) is 3.86. The van der Waals surface area contributed by atoms with Gasteiger partial charge in [-0.25, -0.2) is 0 Å². The first-order valence-corrected chi connectivity index (χ1v) is 5.51. The fourth-order valence-corrected chi connectivity index (χ4v) is 1.62. The molecular formula is C14H16N2. The Morgan fingerprint density at radius 2 is 1.81 bits per heavy atom. The summed E-state index contributed by atoms with van der Waals surface area (Å²) in [4.78, 5) is 4.35. The molecule has 0 spiro atoms. The van der Waals surface area contributed by atoms with Gasteiger partial charge in [-0.2, -0.15) is 0 Å². The van der Waals surface area contributed by atoms with Gasteiger partial charge in [0.05, 0.1) is 5.69 Å². The SMILES string of the molecule is Cc1cccnc1CNCc1ccccc1. The van der Waals surface area contributed by atoms with Crippen molar-refractivity contribution in [3.8, 4) is 0 Å². The van der Waals surface area contributed by atoms with Gasteiger partial charge in [-0.15, -0.1) is 0 Å². The number of pyridine rings is 1. The van der Waals surface area contributed by atoms with E-state index in [1.165, 1.54) is 11.1 Å². The first-order chi connectivity index (χ1) is 7.86. The van der Waals surface area contributed by atoms with Crippen LogP contribution >= 0.6 is 0 Å². The molecule has 16 heavy (non-hydrogen) atoms. The molecular weight excluding hydrogens is 196 g/mol. The second kappa shape index (κ2) is 5.42. The smallest absolute Gasteiger partial charge is 0.0570 e. The molecule has 0 atom stereocenters. The Morgan fingerprint density at radius 3 is 2.56 bits per heavy atom. The highest BCUT2D eigenvalue weighted by Crippen LogP contribution is 2.03. The van der Waals surface area contributed by atoms with Crippen molar-refractivity contribution in [3.63, 3.8) is 0 Å². The lowest BCUT2D eigenvalue weighted by Crippen LogP contribution is -2.14. The Morgan fingerprint density at radius 1 is 1.00 bits per heavy atom. The van der Waals surface area contributed by atoms with E-state index in [2.05, 4.69) is 47.6 Å². The topological polar surface area (TPSA) is 24.9 Å². The zero-order valence-corrected chi connectivity index (χ0v) is 9.48. The van der Waals surface area contributed by atoms with Gasteiger partial charge in [0, 0.05) is 19.3 Å². The number of hydrogen-bond donors (Lipinski definition) is 1. The molecule has 1 N–H and O–H groups in total. The first-order valence-electron chi connectivity index (χ1n) is 5.51. The molecule has 1 aromatic carbocycles. The van der Waals surface area contributed by atoms with E-state index < -0.39 is 0 Å². The van der Waals surface area contributed by atoms with Crippen molar-refractivity contribution in [2.75, 3.05) is 0 Å². The van der Waals surface area contributed by atoms with Crippen LogP contribution in [0.4, 0.5) is 0 Å². The highest BCUT2D eigenvalue weighted by Gasteiger charge is 1.97. The maximum Gasteiger partial charge on any atom is 0.0570 e. The molecule has 0 saturated carbocycles. The molecule has 0 aliphatic heterocycles. The van der Waals surface area contributed by atoms with E-state index in [1.807, 2.05) is 18.3 Å². The summed E-state index contributed by atoms with van der Waals surface area (Å²) >= 11 is 0. The predicted octanol–water partition coefficient (Wildman–Crippen LogP) is 2.68. The molecule has 2 heteroatoms. The molecule has 0 aliphatic rings. The molecule has 2 aromatic rings. The van der Waals surface area contributed by atoms with Crippen molar-refractivity contribution in [1.82, 2.24) is 10.3 Å². The number of nitrogens with one attached hydrogen (secondary N) is 1. The Hall–Kier alpha value is -1.67. The van der Waals surface area contributed by atoms with Crippen LogP contribution in [0.25, 0.3) is 0 Å². The largest absolute Gasteiger partial charge is 0.307 e. The van der Waals surface area contributed by atoms with Gasteiger partial charge in [0.1, 0.15) is 0 Å². The number of rotatable bonds is 4. The van der Waals surface area contributed by atoms with Crippen LogP contribution in [0, 0.1) is 6.92 Å². The number of aryl methyl sites for hydroxylation is 1. The highest BCUT2D eigenvalue weighted by atomic mass is 14.9. The van der Waals surface area contributed by atoms with Crippen molar-refractivity contribution in [2.45, 2.75) is 20.0 Å². The lowest BCUT2D eigenvalue weighted by Gasteiger charge is -2.06. The van der Waals surface area contributed by atoms with E-state index in [9.17, 15) is 0 Å². The molecule has 0 bridgehead atoms. The van der Waals surface area contributed by atoms with E-state index in [0.717, 1.165) is 18.8 Å². The van der Waals surface area contributed by atoms with E-state index in [0.29, 0.717) is 0 Å². The Bertz CT molecular complexity index is 437. The maximum atomic E-state index is 4.35. The molecule has 2 nitrogen and oxygen atoms in total. The van der Waals surface area contributed by atoms with Gasteiger partial charge in [0.25, 0.3) is 0 Å². The van der Waals surface area contributed by atoms with Crippen LogP contribution in [-0.2, 0) is 13.1 Å². The summed E-state index contributed by atoms with van der Waals surface area (Å²) in [6.45, 7) is 3.80. The van der Waals surface area contributed by atoms with Gasteiger partial charge in [-0.05, 0) is 24.1 Å². The minimum Gasteiger partial charge on any atom is -0.307 e. The van der Waals surface area contributed by atoms with Crippen LogP contribution < -0.4 is 5.32 Å². The minimum atomic E-state index is 0.821. The third kappa shape index (κ3) is 2.91. The van der Waals surface area contributed by atoms with Crippen LogP contribution in [0.15, 0.2) is 48.7 Å². The third-order valence-electron chi connectivity index (χ3n) is 2.58. The molecule has 82 valence electrons. The van der Waals surface area contributed by atoms with Crippen LogP contribution in [0.2, 0.25) is 0 Å². The van der Waals surface area contributed by atoms with E-state index in [1.54, 1.807) is 0 Å². The summed E-state index contributed by atoms with van der Waals surface area (Å²) in [5.41, 5.74) is 3.66. The van der Waals surface area contributed by atoms with Crippen molar-refractivity contribution in [2.24, 2.45) is 0 Å². The molecule has 1 heterocycles. The molecule has 2 rings (SSSR count). The average molecular weight is 212 g/mol. The standard InChI is InChI=1S/C14H16N2/c1-12-6-5-9-16-14(12)11-15-10-13-7-3-2-4-8-13/h2-9,15H,10-11H2,1H3. The molecule has 0 saturated heterocycles. The van der Waals surface area contributed by atoms with Crippen molar-refractivity contribution < 1.29 is 0 Å². The van der Waals surface area contributed by atoms with Crippen LogP contribution in [0.1, 0.15) is 16.8 Å². The molecule has 0 radical (unpaired) electrons. The summed E-state index contributed by atoms with van der Waals surface area (Å²) < 4.78 is 0. The quantitative estimate of drug-likeness (QED) is 0.842. The second-order valence-electron chi connectivity index (χ2n) is 3.86. The normalized spacial score (nSPS) is 10.3. The molecule has 0 aliphatic carbocycles. The molecule has 0 amide bonds. The van der Waals surface area contributed by atoms with Crippen LogP contribution in [0.5, 0.6) is 0 Å². The molecule has 0 fully saturated rings. The summed E-state index contributed by atoms with van der Waals surface area (Å²) in [6.07, 6.45) is 1.84. The Balaban J connectivity index is 1.87. The fourth-order valence-electron chi connectivity index (χ4n) is 1.62. The van der Waals surface area contributed by atoms with E-state index in [4.69, 9.17) is 0 Å². The molecule has 1 aromatic heterocycles. The van der Waals surface area contributed by atoms with Crippen molar-refractivity contribution >= 4 is 0 Å². The first kappa shape index (κ1) is 10.8. The molecule has 0 unspecified atom stereocenters. The number of nitrogens with zero attached hydrogens (tertiary/aromatic N) is 1. The summed E-state index contributed by atoms with van der Waals surface area (Å²) in [5, 5.41) is 3.40. The lowest BCUT2D eigenvalue weighted by atomic mass is 10.2. The maximum absolute atomic E-state index is 4.35. The monoisotopic (exact) mass is 212 g/mol. The summed E-state index contributed by atoms with van der Waals surface area (Å²) in [7, 11) is 0. The van der Waals surface area contributed by atoms with Gasteiger partial charge in [-0.1, -0.05) is 36.4 Å². The summed E-state index contributed by atoms with van der Waals surface area (Å²) in [6, 6.07) is 14.5. The zero-order valence-electron chi connectivity index (χ0n) is 9.48. The highest BCUT2D eigenvalue weighted by molar-refractivity contribution is 5.18.